The zero-order chi connectivity index (χ0) is 12.5. The predicted molar refractivity (Wildman–Crippen MR) is 68.2 cm³/mol. The molecule has 1 aromatic rings. The van der Waals surface area contributed by atoms with Crippen LogP contribution in [0.25, 0.3) is 0 Å². The second-order valence-electron chi connectivity index (χ2n) is 4.03. The molecular weight excluding hydrogens is 216 g/mol. The van der Waals surface area contributed by atoms with Gasteiger partial charge in [-0.25, -0.2) is 4.98 Å². The van der Waals surface area contributed by atoms with Gasteiger partial charge in [0, 0.05) is 32.0 Å². The van der Waals surface area contributed by atoms with Gasteiger partial charge in [0.2, 0.25) is 5.88 Å². The number of hydrogen-bond donors (Lipinski definition) is 1. The quantitative estimate of drug-likeness (QED) is 0.752. The first-order valence-corrected chi connectivity index (χ1v) is 6.01. The topological polar surface area (TPSA) is 43.4 Å². The first kappa shape index (κ1) is 13.9. The van der Waals surface area contributed by atoms with Gasteiger partial charge < -0.3 is 14.8 Å². The average molecular weight is 238 g/mol. The van der Waals surface area contributed by atoms with E-state index in [1.165, 1.54) is 0 Å². The molecule has 0 saturated carbocycles. The van der Waals surface area contributed by atoms with Crippen LogP contribution in [0.15, 0.2) is 18.3 Å². The van der Waals surface area contributed by atoms with E-state index in [-0.39, 0.29) is 0 Å². The fraction of sp³-hybridized carbons (Fsp3) is 0.615. The Morgan fingerprint density at radius 2 is 2.18 bits per heavy atom. The molecule has 0 amide bonds. The fourth-order valence-corrected chi connectivity index (χ4v) is 1.69. The first-order chi connectivity index (χ1) is 8.30. The van der Waals surface area contributed by atoms with Crippen LogP contribution in [0.5, 0.6) is 5.88 Å². The van der Waals surface area contributed by atoms with Crippen molar-refractivity contribution in [1.82, 2.24) is 10.3 Å². The normalized spacial score (nSPS) is 12.4. The molecule has 17 heavy (non-hydrogen) atoms. The Kier molecular flexibility index (Phi) is 6.58. The molecule has 1 unspecified atom stereocenters. The summed E-state index contributed by atoms with van der Waals surface area (Å²) in [5.41, 5.74) is 1.16. The first-order valence-electron chi connectivity index (χ1n) is 6.01. The van der Waals surface area contributed by atoms with E-state index in [4.69, 9.17) is 9.47 Å². The number of nitrogens with one attached hydrogen (secondary N) is 1. The molecule has 1 rings (SSSR count). The maximum Gasteiger partial charge on any atom is 0.212 e. The number of aromatic nitrogens is 1. The fourth-order valence-electron chi connectivity index (χ4n) is 1.69. The van der Waals surface area contributed by atoms with E-state index in [1.807, 2.05) is 18.3 Å². The number of methoxy groups -OCH3 is 2. The molecule has 0 aromatic carbocycles. The van der Waals surface area contributed by atoms with Crippen LogP contribution in [0.3, 0.4) is 0 Å². The number of rotatable bonds is 8. The van der Waals surface area contributed by atoms with Crippen molar-refractivity contribution in [2.75, 3.05) is 20.8 Å². The van der Waals surface area contributed by atoms with Gasteiger partial charge in [-0.3, -0.25) is 0 Å². The van der Waals surface area contributed by atoms with Crippen molar-refractivity contribution in [3.05, 3.63) is 23.9 Å². The molecule has 1 atom stereocenters. The summed E-state index contributed by atoms with van der Waals surface area (Å²) in [6.45, 7) is 3.74. The highest BCUT2D eigenvalue weighted by molar-refractivity contribution is 5.17. The SMILES string of the molecule is CCCC(COC)NCc1ccc(OC)nc1. The van der Waals surface area contributed by atoms with Gasteiger partial charge in [-0.1, -0.05) is 19.4 Å². The summed E-state index contributed by atoms with van der Waals surface area (Å²) in [6.07, 6.45) is 4.11. The molecule has 0 spiro atoms. The Morgan fingerprint density at radius 1 is 1.35 bits per heavy atom. The van der Waals surface area contributed by atoms with Gasteiger partial charge in [-0.2, -0.15) is 0 Å². The Balaban J connectivity index is 2.41. The van der Waals surface area contributed by atoms with Gasteiger partial charge in [0.1, 0.15) is 0 Å². The highest BCUT2D eigenvalue weighted by Crippen LogP contribution is 2.07. The minimum Gasteiger partial charge on any atom is -0.481 e. The van der Waals surface area contributed by atoms with Crippen molar-refractivity contribution < 1.29 is 9.47 Å². The molecule has 0 fully saturated rings. The second-order valence-corrected chi connectivity index (χ2v) is 4.03. The van der Waals surface area contributed by atoms with Crippen LogP contribution in [-0.4, -0.2) is 31.9 Å². The average Bonchev–Trinajstić information content (AvgIpc) is 2.37. The van der Waals surface area contributed by atoms with Crippen LogP contribution in [0.4, 0.5) is 0 Å². The van der Waals surface area contributed by atoms with Crippen LogP contribution >= 0.6 is 0 Å². The van der Waals surface area contributed by atoms with Crippen LogP contribution < -0.4 is 10.1 Å². The van der Waals surface area contributed by atoms with E-state index in [0.29, 0.717) is 11.9 Å². The standard InChI is InChI=1S/C13H22N2O2/c1-4-5-12(10-16-2)14-8-11-6-7-13(17-3)15-9-11/h6-7,9,12,14H,4-5,8,10H2,1-3H3. The molecule has 0 radical (unpaired) electrons. The summed E-state index contributed by atoms with van der Waals surface area (Å²) in [5, 5.41) is 3.47. The van der Waals surface area contributed by atoms with Crippen LogP contribution in [0, 0.1) is 0 Å². The number of pyridine rings is 1. The van der Waals surface area contributed by atoms with Crippen molar-refractivity contribution in [2.24, 2.45) is 0 Å². The highest BCUT2D eigenvalue weighted by atomic mass is 16.5. The van der Waals surface area contributed by atoms with Gasteiger partial charge in [-0.05, 0) is 12.0 Å². The Hall–Kier alpha value is -1.13. The van der Waals surface area contributed by atoms with Crippen molar-refractivity contribution in [3.8, 4) is 5.88 Å². The lowest BCUT2D eigenvalue weighted by Gasteiger charge is -2.17. The van der Waals surface area contributed by atoms with Gasteiger partial charge in [0.15, 0.2) is 0 Å². The molecule has 1 heterocycles. The highest BCUT2D eigenvalue weighted by Gasteiger charge is 2.06. The third kappa shape index (κ3) is 5.15. The number of ether oxygens (including phenoxy) is 2. The van der Waals surface area contributed by atoms with E-state index in [2.05, 4.69) is 17.2 Å². The smallest absolute Gasteiger partial charge is 0.212 e. The molecule has 0 aliphatic rings. The molecule has 1 N–H and O–H groups in total. The molecule has 0 aliphatic carbocycles. The van der Waals surface area contributed by atoms with E-state index in [0.717, 1.165) is 31.6 Å². The second kappa shape index (κ2) is 8.03. The van der Waals surface area contributed by atoms with Gasteiger partial charge >= 0.3 is 0 Å². The van der Waals surface area contributed by atoms with E-state index < -0.39 is 0 Å². The molecule has 0 aliphatic heterocycles. The maximum absolute atomic E-state index is 5.18. The lowest BCUT2D eigenvalue weighted by molar-refractivity contribution is 0.161. The zero-order valence-electron chi connectivity index (χ0n) is 10.9. The summed E-state index contributed by atoms with van der Waals surface area (Å²) in [6, 6.07) is 4.31. The molecule has 0 bridgehead atoms. The molecule has 4 nitrogen and oxygen atoms in total. The Labute approximate surface area is 103 Å². The summed E-state index contributed by atoms with van der Waals surface area (Å²) >= 11 is 0. The lowest BCUT2D eigenvalue weighted by Crippen LogP contribution is -2.32. The molecule has 4 heteroatoms. The van der Waals surface area contributed by atoms with Crippen molar-refractivity contribution in [1.29, 1.82) is 0 Å². The van der Waals surface area contributed by atoms with Gasteiger partial charge in [0.25, 0.3) is 0 Å². The summed E-state index contributed by atoms with van der Waals surface area (Å²) in [5.74, 6) is 0.649. The third-order valence-corrected chi connectivity index (χ3v) is 2.61. The minimum absolute atomic E-state index is 0.409. The summed E-state index contributed by atoms with van der Waals surface area (Å²) < 4.78 is 10.2. The van der Waals surface area contributed by atoms with E-state index in [1.54, 1.807) is 14.2 Å². The zero-order valence-corrected chi connectivity index (χ0v) is 10.9. The number of nitrogens with zero attached hydrogens (tertiary/aromatic N) is 1. The van der Waals surface area contributed by atoms with Crippen LogP contribution in [-0.2, 0) is 11.3 Å². The van der Waals surface area contributed by atoms with E-state index in [9.17, 15) is 0 Å². The molecule has 1 aromatic heterocycles. The third-order valence-electron chi connectivity index (χ3n) is 2.61. The van der Waals surface area contributed by atoms with Crippen LogP contribution in [0.2, 0.25) is 0 Å². The van der Waals surface area contributed by atoms with Crippen molar-refractivity contribution in [3.63, 3.8) is 0 Å². The Morgan fingerprint density at radius 3 is 2.71 bits per heavy atom. The molecular formula is C13H22N2O2. The van der Waals surface area contributed by atoms with E-state index >= 15 is 0 Å². The lowest BCUT2D eigenvalue weighted by atomic mass is 10.1. The summed E-state index contributed by atoms with van der Waals surface area (Å²) in [4.78, 5) is 4.17. The van der Waals surface area contributed by atoms with Gasteiger partial charge in [-0.15, -0.1) is 0 Å². The van der Waals surface area contributed by atoms with Crippen molar-refractivity contribution in [2.45, 2.75) is 32.4 Å². The monoisotopic (exact) mass is 238 g/mol. The minimum atomic E-state index is 0.409. The predicted octanol–water partition coefficient (Wildman–Crippen LogP) is 1.99. The Bertz CT molecular complexity index is 295. The van der Waals surface area contributed by atoms with Crippen molar-refractivity contribution >= 4 is 0 Å². The molecule has 0 saturated heterocycles. The van der Waals surface area contributed by atoms with Crippen LogP contribution in [0.1, 0.15) is 25.3 Å². The summed E-state index contributed by atoms with van der Waals surface area (Å²) in [7, 11) is 3.36. The number of hydrogen-bond acceptors (Lipinski definition) is 4. The van der Waals surface area contributed by atoms with Gasteiger partial charge in [0.05, 0.1) is 13.7 Å². The molecule has 96 valence electrons. The maximum atomic E-state index is 5.18. The largest absolute Gasteiger partial charge is 0.481 e.